The maximum atomic E-state index is 2.41. The number of aryl methyl sites for hydroxylation is 2. The van der Waals surface area contributed by atoms with Crippen molar-refractivity contribution in [3.8, 4) is 0 Å². The molecule has 28 heavy (non-hydrogen) atoms. The molecule has 0 spiro atoms. The van der Waals surface area contributed by atoms with E-state index in [0.29, 0.717) is 0 Å². The Labute approximate surface area is 201 Å². The Bertz CT molecular complexity index is 975. The van der Waals surface area contributed by atoms with E-state index in [1.54, 1.807) is 10.4 Å². The van der Waals surface area contributed by atoms with E-state index in [-0.39, 0.29) is 51.0 Å². The largest absolute Gasteiger partial charge is 4.00 e. The van der Waals surface area contributed by atoms with Gasteiger partial charge in [-0.2, -0.15) is 10.4 Å². The first kappa shape index (κ1) is 25.4. The SMILES string of the molecule is CC[Si](CC)(c1c(C)[cH-]c2ccccc12)c1c(C)[cH-]c2ccccc12.[Cl-].[Cl-].[Zr+4]. The molecule has 0 saturated carbocycles. The van der Waals surface area contributed by atoms with Gasteiger partial charge in [-0.15, -0.1) is 81.2 Å². The molecular weight excluding hydrogens is 478 g/mol. The summed E-state index contributed by atoms with van der Waals surface area (Å²) in [6.45, 7) is 9.47. The van der Waals surface area contributed by atoms with Crippen molar-refractivity contribution in [2.24, 2.45) is 0 Å². The molecule has 4 aromatic carbocycles. The second-order valence-corrected chi connectivity index (χ2v) is 11.9. The van der Waals surface area contributed by atoms with Crippen LogP contribution < -0.4 is 35.2 Å². The van der Waals surface area contributed by atoms with Crippen molar-refractivity contribution in [2.75, 3.05) is 0 Å². The van der Waals surface area contributed by atoms with Gasteiger partial charge < -0.3 is 24.8 Å². The van der Waals surface area contributed by atoms with E-state index < -0.39 is 8.07 Å². The summed E-state index contributed by atoms with van der Waals surface area (Å²) in [4.78, 5) is 0. The molecule has 0 aliphatic rings. The average Bonchev–Trinajstić information content (AvgIpc) is 3.14. The molecule has 0 heterocycles. The average molecular weight is 505 g/mol. The Hall–Kier alpha value is -0.660. The Balaban J connectivity index is 0.00000131. The minimum absolute atomic E-state index is 0. The third-order valence-corrected chi connectivity index (χ3v) is 11.8. The van der Waals surface area contributed by atoms with Gasteiger partial charge in [-0.3, -0.25) is 0 Å². The smallest absolute Gasteiger partial charge is 1.00 e. The van der Waals surface area contributed by atoms with E-state index in [1.807, 2.05) is 0 Å². The molecule has 0 atom stereocenters. The van der Waals surface area contributed by atoms with Gasteiger partial charge in [-0.1, -0.05) is 51.9 Å². The zero-order chi connectivity index (χ0) is 17.6. The van der Waals surface area contributed by atoms with Crippen molar-refractivity contribution in [2.45, 2.75) is 39.8 Å². The fraction of sp³-hybridized carbons (Fsp3) is 0.250. The van der Waals surface area contributed by atoms with Crippen molar-refractivity contribution in [3.63, 3.8) is 0 Å². The van der Waals surface area contributed by atoms with Gasteiger partial charge in [0.25, 0.3) is 0 Å². The summed E-state index contributed by atoms with van der Waals surface area (Å²) in [7, 11) is -1.81. The normalized spacial score (nSPS) is 11.0. The molecule has 0 aliphatic carbocycles. The molecule has 4 aromatic rings. The van der Waals surface area contributed by atoms with E-state index >= 15 is 0 Å². The summed E-state index contributed by atoms with van der Waals surface area (Å²) in [6.07, 6.45) is 0. The maximum absolute atomic E-state index is 2.41. The number of halogens is 2. The predicted molar refractivity (Wildman–Crippen MR) is 115 cm³/mol. The molecule has 0 nitrogen and oxygen atoms in total. The van der Waals surface area contributed by atoms with Gasteiger partial charge in [0.15, 0.2) is 0 Å². The van der Waals surface area contributed by atoms with Crippen LogP contribution in [0.25, 0.3) is 21.5 Å². The first-order chi connectivity index (χ1) is 12.1. The van der Waals surface area contributed by atoms with E-state index in [2.05, 4.69) is 88.4 Å². The van der Waals surface area contributed by atoms with Crippen LogP contribution in [0.15, 0.2) is 60.7 Å². The molecule has 4 heteroatoms. The molecule has 0 saturated heterocycles. The molecule has 0 N–H and O–H groups in total. The molecule has 0 bridgehead atoms. The van der Waals surface area contributed by atoms with Gasteiger partial charge in [-0.25, -0.2) is 0 Å². The Morgan fingerprint density at radius 1 is 0.679 bits per heavy atom. The third kappa shape index (κ3) is 3.74. The minimum atomic E-state index is -1.81. The van der Waals surface area contributed by atoms with Crippen LogP contribution in [-0.2, 0) is 26.2 Å². The van der Waals surface area contributed by atoms with Crippen LogP contribution >= 0.6 is 0 Å². The minimum Gasteiger partial charge on any atom is -1.00 e. The molecule has 4 rings (SSSR count). The summed E-state index contributed by atoms with van der Waals surface area (Å²) in [5.41, 5.74) is 2.97. The van der Waals surface area contributed by atoms with Crippen molar-refractivity contribution < 1.29 is 51.0 Å². The zero-order valence-corrected chi connectivity index (χ0v) is 21.9. The fourth-order valence-corrected chi connectivity index (χ4v) is 10.4. The molecule has 0 aromatic heterocycles. The first-order valence-corrected chi connectivity index (χ1v) is 11.8. The van der Waals surface area contributed by atoms with E-state index in [1.165, 1.54) is 44.8 Å². The number of rotatable bonds is 4. The number of hydrogen-bond donors (Lipinski definition) is 0. The van der Waals surface area contributed by atoms with E-state index in [0.717, 1.165) is 0 Å². The standard InChI is InChI=1S/C24H26Si.2ClH.Zr/c1-5-25(6-2,23-17(3)15-19-11-7-9-13-21(19)23)24-18(4)16-20-12-8-10-14-22(20)24;;;/h7-16H,5-6H2,1-4H3;2*1H;/q-2;;;+4/p-2. The van der Waals surface area contributed by atoms with E-state index in [9.17, 15) is 0 Å². The van der Waals surface area contributed by atoms with Crippen molar-refractivity contribution >= 4 is 40.0 Å². The van der Waals surface area contributed by atoms with Gasteiger partial charge in [0, 0.05) is 8.07 Å². The second kappa shape index (κ2) is 9.90. The molecule has 0 radical (unpaired) electrons. The fourth-order valence-electron chi connectivity index (χ4n) is 5.09. The maximum Gasteiger partial charge on any atom is 4.00 e. The number of benzene rings is 2. The topological polar surface area (TPSA) is 0 Å². The van der Waals surface area contributed by atoms with Crippen LogP contribution in [0, 0.1) is 13.8 Å². The summed E-state index contributed by atoms with van der Waals surface area (Å²) in [5, 5.41) is 9.13. The summed E-state index contributed by atoms with van der Waals surface area (Å²) < 4.78 is 0. The van der Waals surface area contributed by atoms with Crippen LogP contribution in [0.4, 0.5) is 0 Å². The Morgan fingerprint density at radius 2 is 1.04 bits per heavy atom. The molecule has 144 valence electrons. The second-order valence-electron chi connectivity index (χ2n) is 7.37. The van der Waals surface area contributed by atoms with Gasteiger partial charge >= 0.3 is 26.2 Å². The van der Waals surface area contributed by atoms with Gasteiger partial charge in [0.2, 0.25) is 0 Å². The van der Waals surface area contributed by atoms with Gasteiger partial charge in [-0.05, 0) is 0 Å². The first-order valence-electron chi connectivity index (χ1n) is 9.43. The van der Waals surface area contributed by atoms with Crippen LogP contribution in [0.2, 0.25) is 12.1 Å². The molecule has 0 aliphatic heterocycles. The summed E-state index contributed by atoms with van der Waals surface area (Å²) >= 11 is 0. The van der Waals surface area contributed by atoms with Crippen LogP contribution in [0.3, 0.4) is 0 Å². The number of fused-ring (bicyclic) bond motifs is 2. The van der Waals surface area contributed by atoms with Gasteiger partial charge in [0.05, 0.1) is 0 Å². The molecule has 0 fully saturated rings. The van der Waals surface area contributed by atoms with E-state index in [4.69, 9.17) is 0 Å². The van der Waals surface area contributed by atoms with Crippen LogP contribution in [0.1, 0.15) is 25.0 Å². The monoisotopic (exact) mass is 502 g/mol. The zero-order valence-electron chi connectivity index (χ0n) is 16.9. The summed E-state index contributed by atoms with van der Waals surface area (Å²) in [5.74, 6) is 0. The number of hydrogen-bond acceptors (Lipinski definition) is 0. The molecular formula is C24H26Cl2SiZr. The van der Waals surface area contributed by atoms with Crippen LogP contribution in [0.5, 0.6) is 0 Å². The summed E-state index contributed by atoms with van der Waals surface area (Å²) in [6, 6.07) is 25.3. The quantitative estimate of drug-likeness (QED) is 0.264. The van der Waals surface area contributed by atoms with Gasteiger partial charge in [0.1, 0.15) is 0 Å². The van der Waals surface area contributed by atoms with Crippen LogP contribution in [-0.4, -0.2) is 8.07 Å². The Kier molecular flexibility index (Phi) is 8.97. The predicted octanol–water partition coefficient (Wildman–Crippen LogP) is -0.344. The Morgan fingerprint density at radius 3 is 1.39 bits per heavy atom. The third-order valence-electron chi connectivity index (χ3n) is 6.16. The van der Waals surface area contributed by atoms with Crippen molar-refractivity contribution in [1.82, 2.24) is 0 Å². The van der Waals surface area contributed by atoms with Crippen molar-refractivity contribution in [1.29, 1.82) is 0 Å². The molecule has 0 amide bonds. The molecule has 0 unspecified atom stereocenters. The van der Waals surface area contributed by atoms with Crippen molar-refractivity contribution in [3.05, 3.63) is 71.8 Å².